The van der Waals surface area contributed by atoms with Crippen molar-refractivity contribution >= 4 is 23.4 Å². The third kappa shape index (κ3) is 5.95. The van der Waals surface area contributed by atoms with Crippen molar-refractivity contribution in [1.29, 1.82) is 0 Å². The highest BCUT2D eigenvalue weighted by atomic mass is 16.3. The zero-order valence-corrected chi connectivity index (χ0v) is 17.6. The molecule has 0 radical (unpaired) electrons. The fourth-order valence-electron chi connectivity index (χ4n) is 3.69. The largest absolute Gasteiger partial charge is 0.456 e. The number of anilines is 1. The van der Waals surface area contributed by atoms with Gasteiger partial charge in [-0.25, -0.2) is 0 Å². The van der Waals surface area contributed by atoms with Crippen molar-refractivity contribution in [2.75, 3.05) is 25.0 Å². The maximum Gasteiger partial charge on any atom is 0.287 e. The molecular formula is C23H28N4O4. The van der Waals surface area contributed by atoms with Gasteiger partial charge in [0, 0.05) is 36.4 Å². The molecular weight excluding hydrogens is 396 g/mol. The van der Waals surface area contributed by atoms with Gasteiger partial charge >= 0.3 is 0 Å². The van der Waals surface area contributed by atoms with Crippen LogP contribution in [0.15, 0.2) is 40.8 Å². The van der Waals surface area contributed by atoms with Crippen LogP contribution in [0.25, 0.3) is 0 Å². The van der Waals surface area contributed by atoms with Crippen LogP contribution in [-0.4, -0.2) is 54.3 Å². The van der Waals surface area contributed by atoms with Crippen LogP contribution >= 0.6 is 0 Å². The van der Waals surface area contributed by atoms with E-state index in [0.717, 1.165) is 38.8 Å². The van der Waals surface area contributed by atoms with E-state index in [-0.39, 0.29) is 30.3 Å². The third-order valence-electron chi connectivity index (χ3n) is 5.58. The van der Waals surface area contributed by atoms with Gasteiger partial charge in [-0.1, -0.05) is 6.07 Å². The molecule has 2 aliphatic rings. The number of nitrogens with zero attached hydrogens (tertiary/aromatic N) is 1. The lowest BCUT2D eigenvalue weighted by Crippen LogP contribution is -2.46. The summed E-state index contributed by atoms with van der Waals surface area (Å²) in [6.07, 6.45) is 3.61. The standard InChI is InChI=1S/C23H28N4O4/c1-15-5-8-20(31-15)23(30)26-18-9-11-27(12-10-18)14-21(28)24-19-4-2-3-16(13-19)22(29)25-17-6-7-17/h2-5,8,13,17-18H,6-7,9-12,14H2,1H3,(H,24,28)(H,25,29)(H,26,30). The summed E-state index contributed by atoms with van der Waals surface area (Å²) < 4.78 is 5.36. The van der Waals surface area contributed by atoms with E-state index in [0.29, 0.717) is 28.8 Å². The Morgan fingerprint density at radius 3 is 2.35 bits per heavy atom. The second kappa shape index (κ2) is 9.34. The van der Waals surface area contributed by atoms with Gasteiger partial charge in [-0.2, -0.15) is 0 Å². The third-order valence-corrected chi connectivity index (χ3v) is 5.58. The average molecular weight is 425 g/mol. The molecule has 164 valence electrons. The number of aryl methyl sites for hydroxylation is 1. The number of nitrogens with one attached hydrogen (secondary N) is 3. The quantitative estimate of drug-likeness (QED) is 0.633. The summed E-state index contributed by atoms with van der Waals surface area (Å²) in [6, 6.07) is 10.8. The predicted molar refractivity (Wildman–Crippen MR) is 116 cm³/mol. The van der Waals surface area contributed by atoms with Gasteiger partial charge in [0.2, 0.25) is 5.91 Å². The number of likely N-dealkylation sites (tertiary alicyclic amines) is 1. The molecule has 0 atom stereocenters. The first-order valence-electron chi connectivity index (χ1n) is 10.8. The molecule has 1 aliphatic heterocycles. The number of carbonyl (C=O) groups excluding carboxylic acids is 3. The zero-order chi connectivity index (χ0) is 21.8. The van der Waals surface area contributed by atoms with Crippen molar-refractivity contribution in [2.24, 2.45) is 0 Å². The maximum absolute atomic E-state index is 12.5. The van der Waals surface area contributed by atoms with Crippen LogP contribution in [0.2, 0.25) is 0 Å². The highest BCUT2D eigenvalue weighted by Gasteiger charge is 2.25. The van der Waals surface area contributed by atoms with E-state index in [9.17, 15) is 14.4 Å². The SMILES string of the molecule is Cc1ccc(C(=O)NC2CCN(CC(=O)Nc3cccc(C(=O)NC4CC4)c3)CC2)o1. The first kappa shape index (κ1) is 21.1. The molecule has 1 aromatic carbocycles. The molecule has 1 saturated heterocycles. The Morgan fingerprint density at radius 1 is 0.968 bits per heavy atom. The van der Waals surface area contributed by atoms with Crippen molar-refractivity contribution in [3.8, 4) is 0 Å². The summed E-state index contributed by atoms with van der Waals surface area (Å²) in [7, 11) is 0. The number of amides is 3. The van der Waals surface area contributed by atoms with Crippen molar-refractivity contribution < 1.29 is 18.8 Å². The number of furan rings is 1. The Labute approximate surface area is 181 Å². The molecule has 3 N–H and O–H groups in total. The Morgan fingerprint density at radius 2 is 1.68 bits per heavy atom. The van der Waals surface area contributed by atoms with Crippen molar-refractivity contribution in [3.63, 3.8) is 0 Å². The summed E-state index contributed by atoms with van der Waals surface area (Å²) in [5.74, 6) is 0.614. The molecule has 8 heteroatoms. The van der Waals surface area contributed by atoms with E-state index in [1.807, 2.05) is 0 Å². The molecule has 0 bridgehead atoms. The Kier molecular flexibility index (Phi) is 6.36. The monoisotopic (exact) mass is 424 g/mol. The van der Waals surface area contributed by atoms with E-state index in [2.05, 4.69) is 20.9 Å². The Bertz CT molecular complexity index is 958. The van der Waals surface area contributed by atoms with E-state index < -0.39 is 0 Å². The van der Waals surface area contributed by atoms with Gasteiger partial charge in [-0.15, -0.1) is 0 Å². The smallest absolute Gasteiger partial charge is 0.287 e. The van der Waals surface area contributed by atoms with Crippen LogP contribution in [0.1, 0.15) is 52.4 Å². The molecule has 0 spiro atoms. The maximum atomic E-state index is 12.5. The molecule has 2 fully saturated rings. The number of carbonyl (C=O) groups is 3. The fourth-order valence-corrected chi connectivity index (χ4v) is 3.69. The van der Waals surface area contributed by atoms with Crippen molar-refractivity contribution in [3.05, 3.63) is 53.5 Å². The van der Waals surface area contributed by atoms with Crippen LogP contribution in [0.4, 0.5) is 5.69 Å². The van der Waals surface area contributed by atoms with Gasteiger partial charge < -0.3 is 20.4 Å². The minimum atomic E-state index is -0.199. The summed E-state index contributed by atoms with van der Waals surface area (Å²) >= 11 is 0. The van der Waals surface area contributed by atoms with Gasteiger partial charge in [-0.3, -0.25) is 19.3 Å². The van der Waals surface area contributed by atoms with Crippen LogP contribution < -0.4 is 16.0 Å². The summed E-state index contributed by atoms with van der Waals surface area (Å²) in [4.78, 5) is 38.9. The number of hydrogen-bond donors (Lipinski definition) is 3. The van der Waals surface area contributed by atoms with E-state index in [1.54, 1.807) is 43.3 Å². The van der Waals surface area contributed by atoms with Crippen molar-refractivity contribution in [2.45, 2.75) is 44.7 Å². The normalized spacial score (nSPS) is 17.2. The second-order valence-electron chi connectivity index (χ2n) is 8.31. The molecule has 8 nitrogen and oxygen atoms in total. The van der Waals surface area contributed by atoms with E-state index >= 15 is 0 Å². The summed E-state index contributed by atoms with van der Waals surface area (Å²) in [5, 5.41) is 8.83. The van der Waals surface area contributed by atoms with E-state index in [4.69, 9.17) is 4.42 Å². The molecule has 3 amide bonds. The number of benzene rings is 1. The molecule has 2 aromatic rings. The van der Waals surface area contributed by atoms with Crippen LogP contribution in [-0.2, 0) is 4.79 Å². The lowest BCUT2D eigenvalue weighted by atomic mass is 10.0. The molecule has 1 saturated carbocycles. The summed E-state index contributed by atoms with van der Waals surface area (Å²) in [5.41, 5.74) is 1.16. The summed E-state index contributed by atoms with van der Waals surface area (Å²) in [6.45, 7) is 3.52. The first-order chi connectivity index (χ1) is 15.0. The Balaban J connectivity index is 1.21. The minimum Gasteiger partial charge on any atom is -0.456 e. The second-order valence-corrected chi connectivity index (χ2v) is 8.31. The molecule has 2 heterocycles. The van der Waals surface area contributed by atoms with Crippen molar-refractivity contribution in [1.82, 2.24) is 15.5 Å². The average Bonchev–Trinajstić information content (AvgIpc) is 3.46. The van der Waals surface area contributed by atoms with E-state index in [1.165, 1.54) is 0 Å². The van der Waals surface area contributed by atoms with Gasteiger partial charge in [0.05, 0.1) is 6.54 Å². The topological polar surface area (TPSA) is 104 Å². The minimum absolute atomic E-state index is 0.0684. The van der Waals surface area contributed by atoms with Crippen LogP contribution in [0.3, 0.4) is 0 Å². The molecule has 1 aromatic heterocycles. The van der Waals surface area contributed by atoms with Crippen LogP contribution in [0, 0.1) is 6.92 Å². The molecule has 0 unspecified atom stereocenters. The lowest BCUT2D eigenvalue weighted by Gasteiger charge is -2.31. The molecule has 1 aliphatic carbocycles. The number of rotatable bonds is 7. The predicted octanol–water partition coefficient (Wildman–Crippen LogP) is 2.31. The van der Waals surface area contributed by atoms with Gasteiger partial charge in [0.15, 0.2) is 5.76 Å². The molecule has 31 heavy (non-hydrogen) atoms. The number of piperidine rings is 1. The van der Waals surface area contributed by atoms with Gasteiger partial charge in [0.25, 0.3) is 11.8 Å². The fraction of sp³-hybridized carbons (Fsp3) is 0.435. The zero-order valence-electron chi connectivity index (χ0n) is 17.6. The lowest BCUT2D eigenvalue weighted by molar-refractivity contribution is -0.117. The first-order valence-corrected chi connectivity index (χ1v) is 10.8. The molecule has 4 rings (SSSR count). The Hall–Kier alpha value is -3.13. The van der Waals surface area contributed by atoms with Gasteiger partial charge in [0.1, 0.15) is 5.76 Å². The highest BCUT2D eigenvalue weighted by Crippen LogP contribution is 2.20. The van der Waals surface area contributed by atoms with Crippen LogP contribution in [0.5, 0.6) is 0 Å². The highest BCUT2D eigenvalue weighted by molar-refractivity contribution is 5.97. The van der Waals surface area contributed by atoms with Gasteiger partial charge in [-0.05, 0) is 62.9 Å². The number of hydrogen-bond acceptors (Lipinski definition) is 5.